The van der Waals surface area contributed by atoms with E-state index in [4.69, 9.17) is 14.2 Å². The molecule has 3 atom stereocenters. The van der Waals surface area contributed by atoms with Gasteiger partial charge in [0.15, 0.2) is 17.2 Å². The van der Waals surface area contributed by atoms with Gasteiger partial charge < -0.3 is 24.6 Å². The van der Waals surface area contributed by atoms with Crippen LogP contribution < -0.4 is 14.8 Å². The predicted molar refractivity (Wildman–Crippen MR) is 125 cm³/mol. The van der Waals surface area contributed by atoms with Crippen LogP contribution in [0.2, 0.25) is 0 Å². The van der Waals surface area contributed by atoms with E-state index in [2.05, 4.69) is 24.1 Å². The van der Waals surface area contributed by atoms with Gasteiger partial charge in [0.25, 0.3) is 5.91 Å². The number of pyridine rings is 1. The van der Waals surface area contributed by atoms with Crippen molar-refractivity contribution >= 4 is 11.9 Å². The molecule has 0 aliphatic heterocycles. The Balaban J connectivity index is 2.06. The smallest absolute Gasteiger partial charge is 0.328 e. The van der Waals surface area contributed by atoms with E-state index in [1.54, 1.807) is 0 Å². The van der Waals surface area contributed by atoms with Gasteiger partial charge in [0.2, 0.25) is 0 Å². The maximum Gasteiger partial charge on any atom is 0.328 e. The second-order valence-electron chi connectivity index (χ2n) is 8.55. The summed E-state index contributed by atoms with van der Waals surface area (Å²) in [5, 5.41) is 12.6. The SMILES string of the molecule is COc1ccnc(C(=O)N[C@@H](C)C(=O)O[C@@H](C)[C@H](c2ccc(OC(C)C)cc2)C(C)C)c1O. The quantitative estimate of drug-likeness (QED) is 0.517. The van der Waals surface area contributed by atoms with Gasteiger partial charge in [0.05, 0.1) is 13.2 Å². The fourth-order valence-electron chi connectivity index (χ4n) is 3.69. The number of hydrogen-bond acceptors (Lipinski definition) is 7. The molecule has 1 heterocycles. The normalized spacial score (nSPS) is 13.8. The molecule has 33 heavy (non-hydrogen) atoms. The highest BCUT2D eigenvalue weighted by Gasteiger charge is 2.29. The number of nitrogens with zero attached hydrogens (tertiary/aromatic N) is 1. The van der Waals surface area contributed by atoms with Crippen LogP contribution in [0.5, 0.6) is 17.2 Å². The molecule has 0 fully saturated rings. The Kier molecular flexibility index (Phi) is 9.08. The Labute approximate surface area is 195 Å². The van der Waals surface area contributed by atoms with Crippen LogP contribution >= 0.6 is 0 Å². The Bertz CT molecular complexity index is 942. The van der Waals surface area contributed by atoms with Crippen LogP contribution in [0, 0.1) is 5.92 Å². The highest BCUT2D eigenvalue weighted by Crippen LogP contribution is 2.31. The van der Waals surface area contributed by atoms with Crippen LogP contribution in [0.25, 0.3) is 0 Å². The van der Waals surface area contributed by atoms with Gasteiger partial charge in [-0.1, -0.05) is 26.0 Å². The van der Waals surface area contributed by atoms with Crippen molar-refractivity contribution in [3.05, 3.63) is 47.8 Å². The van der Waals surface area contributed by atoms with Crippen LogP contribution in [0.3, 0.4) is 0 Å². The number of rotatable bonds is 10. The third-order valence-electron chi connectivity index (χ3n) is 5.19. The van der Waals surface area contributed by atoms with Crippen molar-refractivity contribution in [3.63, 3.8) is 0 Å². The second-order valence-corrected chi connectivity index (χ2v) is 8.55. The zero-order chi connectivity index (χ0) is 24.7. The van der Waals surface area contributed by atoms with Crippen molar-refractivity contribution in [2.24, 2.45) is 5.92 Å². The van der Waals surface area contributed by atoms with Crippen molar-refractivity contribution in [3.8, 4) is 17.2 Å². The maximum atomic E-state index is 12.7. The monoisotopic (exact) mass is 458 g/mol. The highest BCUT2D eigenvalue weighted by atomic mass is 16.5. The van der Waals surface area contributed by atoms with E-state index in [0.29, 0.717) is 0 Å². The number of nitrogens with one attached hydrogen (secondary N) is 1. The van der Waals surface area contributed by atoms with Gasteiger partial charge in [-0.05, 0) is 51.3 Å². The average molecular weight is 459 g/mol. The molecule has 0 aliphatic carbocycles. The number of methoxy groups -OCH3 is 1. The Morgan fingerprint density at radius 3 is 2.18 bits per heavy atom. The Morgan fingerprint density at radius 1 is 1.00 bits per heavy atom. The number of carbonyl (C=O) groups is 2. The molecule has 1 aromatic heterocycles. The molecule has 0 unspecified atom stereocenters. The van der Waals surface area contributed by atoms with E-state index in [9.17, 15) is 14.7 Å². The lowest BCUT2D eigenvalue weighted by Gasteiger charge is -2.29. The fraction of sp³-hybridized carbons (Fsp3) is 0.480. The lowest BCUT2D eigenvalue weighted by atomic mass is 9.84. The number of esters is 1. The molecule has 0 spiro atoms. The molecule has 0 bridgehead atoms. The minimum absolute atomic E-state index is 0.0472. The van der Waals surface area contributed by atoms with Crippen molar-refractivity contribution < 1.29 is 28.9 Å². The van der Waals surface area contributed by atoms with Gasteiger partial charge in [-0.2, -0.15) is 0 Å². The molecule has 0 radical (unpaired) electrons. The molecular formula is C25H34N2O6. The van der Waals surface area contributed by atoms with E-state index >= 15 is 0 Å². The molecule has 2 aromatic rings. The zero-order valence-corrected chi connectivity index (χ0v) is 20.3. The largest absolute Gasteiger partial charge is 0.503 e. The number of amides is 1. The van der Waals surface area contributed by atoms with Crippen molar-refractivity contribution in [1.82, 2.24) is 10.3 Å². The lowest BCUT2D eigenvalue weighted by molar-refractivity contribution is -0.151. The van der Waals surface area contributed by atoms with Crippen LogP contribution in [-0.4, -0.2) is 47.3 Å². The van der Waals surface area contributed by atoms with Gasteiger partial charge >= 0.3 is 5.97 Å². The van der Waals surface area contributed by atoms with Crippen molar-refractivity contribution in [1.29, 1.82) is 0 Å². The predicted octanol–water partition coefficient (Wildman–Crippen LogP) is 4.07. The van der Waals surface area contributed by atoms with Crippen LogP contribution in [0.15, 0.2) is 36.5 Å². The number of hydrogen-bond donors (Lipinski definition) is 2. The molecule has 2 N–H and O–H groups in total. The summed E-state index contributed by atoms with van der Waals surface area (Å²) in [4.78, 5) is 29.1. The molecular weight excluding hydrogens is 424 g/mol. The summed E-state index contributed by atoms with van der Waals surface area (Å²) in [5.41, 5.74) is 0.800. The molecule has 8 nitrogen and oxygen atoms in total. The summed E-state index contributed by atoms with van der Waals surface area (Å²) < 4.78 is 16.4. The van der Waals surface area contributed by atoms with Crippen molar-refractivity contribution in [2.45, 2.75) is 65.7 Å². The van der Waals surface area contributed by atoms with Crippen molar-refractivity contribution in [2.75, 3.05) is 7.11 Å². The molecule has 0 saturated heterocycles. The van der Waals surface area contributed by atoms with Crippen LogP contribution in [0.4, 0.5) is 0 Å². The molecule has 0 aliphatic rings. The second kappa shape index (κ2) is 11.5. The Morgan fingerprint density at radius 2 is 1.64 bits per heavy atom. The van der Waals surface area contributed by atoms with Gasteiger partial charge in [-0.3, -0.25) is 4.79 Å². The summed E-state index contributed by atoms with van der Waals surface area (Å²) in [6.07, 6.45) is 0.989. The molecule has 1 aromatic carbocycles. The summed E-state index contributed by atoms with van der Waals surface area (Å²) in [6, 6.07) is 8.27. The summed E-state index contributed by atoms with van der Waals surface area (Å²) >= 11 is 0. The number of aromatic nitrogens is 1. The first kappa shape index (κ1) is 26.0. The van der Waals surface area contributed by atoms with Gasteiger partial charge in [-0.15, -0.1) is 0 Å². The molecule has 180 valence electrons. The lowest BCUT2D eigenvalue weighted by Crippen LogP contribution is -2.42. The number of aromatic hydroxyl groups is 1. The minimum atomic E-state index is -0.943. The summed E-state index contributed by atoms with van der Waals surface area (Å²) in [5.74, 6) is -0.624. The fourth-order valence-corrected chi connectivity index (χ4v) is 3.69. The van der Waals surface area contributed by atoms with E-state index in [0.717, 1.165) is 11.3 Å². The van der Waals surface area contributed by atoms with Gasteiger partial charge in [0.1, 0.15) is 17.9 Å². The van der Waals surface area contributed by atoms with Gasteiger partial charge in [0, 0.05) is 18.2 Å². The minimum Gasteiger partial charge on any atom is -0.503 e. The number of carbonyl (C=O) groups excluding carboxylic acids is 2. The molecule has 0 saturated carbocycles. The number of benzene rings is 1. The maximum absolute atomic E-state index is 12.7. The van der Waals surface area contributed by atoms with E-state index < -0.39 is 29.8 Å². The summed E-state index contributed by atoms with van der Waals surface area (Å²) in [7, 11) is 1.37. The topological polar surface area (TPSA) is 107 Å². The molecule has 8 heteroatoms. The first-order valence-electron chi connectivity index (χ1n) is 11.0. The third kappa shape index (κ3) is 6.84. The van der Waals surface area contributed by atoms with E-state index in [1.165, 1.54) is 26.3 Å². The summed E-state index contributed by atoms with van der Waals surface area (Å²) in [6.45, 7) is 11.4. The first-order valence-corrected chi connectivity index (χ1v) is 11.0. The van der Waals surface area contributed by atoms with Crippen LogP contribution in [0.1, 0.15) is 63.5 Å². The zero-order valence-electron chi connectivity index (χ0n) is 20.3. The molecule has 1 amide bonds. The van der Waals surface area contributed by atoms with E-state index in [1.807, 2.05) is 45.0 Å². The van der Waals surface area contributed by atoms with Crippen LogP contribution in [-0.2, 0) is 9.53 Å². The third-order valence-corrected chi connectivity index (χ3v) is 5.19. The number of ether oxygens (including phenoxy) is 3. The average Bonchev–Trinajstić information content (AvgIpc) is 2.74. The first-order chi connectivity index (χ1) is 15.5. The Hall–Kier alpha value is -3.29. The highest BCUT2D eigenvalue weighted by molar-refractivity contribution is 5.97. The standard InChI is InChI=1S/C25H34N2O6/c1-14(2)21(18-8-10-19(11-9-18)32-15(3)4)17(6)33-25(30)16(5)27-24(29)22-23(28)20(31-7)12-13-26-22/h8-17,21,28H,1-7H3,(H,27,29)/t16-,17-,21+/m0/s1. The van der Waals surface area contributed by atoms with E-state index in [-0.39, 0.29) is 29.4 Å². The molecule has 2 rings (SSSR count). The van der Waals surface area contributed by atoms with Gasteiger partial charge in [-0.25, -0.2) is 9.78 Å².